The number of fused-ring (bicyclic) bond motifs is 1. The smallest absolute Gasteiger partial charge is 0.276 e. The zero-order chi connectivity index (χ0) is 18.7. The van der Waals surface area contributed by atoms with E-state index in [2.05, 4.69) is 10.9 Å². The van der Waals surface area contributed by atoms with Gasteiger partial charge in [0.15, 0.2) is 16.4 Å². The number of rotatable bonds is 5. The summed E-state index contributed by atoms with van der Waals surface area (Å²) in [5.41, 5.74) is 6.57. The number of carbonyl (C=O) groups excluding carboxylic acids is 1. The lowest BCUT2D eigenvalue weighted by atomic mass is 10.1. The highest BCUT2D eigenvalue weighted by atomic mass is 32.2. The predicted molar refractivity (Wildman–Crippen MR) is 94.4 cm³/mol. The van der Waals surface area contributed by atoms with Gasteiger partial charge in [-0.05, 0) is 48.9 Å². The number of benzene rings is 2. The summed E-state index contributed by atoms with van der Waals surface area (Å²) in [6, 6.07) is 10.7. The molecule has 0 aromatic heterocycles. The number of hydrogen-bond donors (Lipinski definition) is 2. The van der Waals surface area contributed by atoms with Gasteiger partial charge >= 0.3 is 0 Å². The molecule has 1 aliphatic heterocycles. The Kier molecular flexibility index (Phi) is 4.94. The van der Waals surface area contributed by atoms with E-state index in [-0.39, 0.29) is 22.8 Å². The van der Waals surface area contributed by atoms with E-state index < -0.39 is 21.6 Å². The minimum absolute atomic E-state index is 0.0224. The number of hydrogen-bond acceptors (Lipinski definition) is 5. The SMILES string of the molecule is Cc1cccc(OCC(=O)NNC2=CCS(=O)(=O)c3ccc(F)cc32)c1. The molecule has 2 aromatic carbocycles. The molecule has 8 heteroatoms. The third-order valence-corrected chi connectivity index (χ3v) is 5.40. The van der Waals surface area contributed by atoms with Crippen molar-refractivity contribution in [3.63, 3.8) is 0 Å². The van der Waals surface area contributed by atoms with E-state index in [0.29, 0.717) is 11.4 Å². The van der Waals surface area contributed by atoms with E-state index in [9.17, 15) is 17.6 Å². The molecule has 0 fully saturated rings. The molecule has 2 N–H and O–H groups in total. The van der Waals surface area contributed by atoms with E-state index in [1.807, 2.05) is 19.1 Å². The number of halogens is 1. The van der Waals surface area contributed by atoms with Gasteiger partial charge in [-0.2, -0.15) is 0 Å². The number of ether oxygens (including phenoxy) is 1. The molecule has 0 atom stereocenters. The average Bonchev–Trinajstić information content (AvgIpc) is 2.59. The quantitative estimate of drug-likeness (QED) is 0.616. The van der Waals surface area contributed by atoms with Crippen molar-refractivity contribution in [1.29, 1.82) is 0 Å². The molecule has 0 spiro atoms. The predicted octanol–water partition coefficient (Wildman–Crippen LogP) is 1.96. The van der Waals surface area contributed by atoms with Crippen LogP contribution in [-0.2, 0) is 14.6 Å². The second-order valence-corrected chi connectivity index (χ2v) is 7.82. The maximum atomic E-state index is 13.5. The maximum Gasteiger partial charge on any atom is 0.276 e. The first kappa shape index (κ1) is 17.9. The highest BCUT2D eigenvalue weighted by Crippen LogP contribution is 2.28. The van der Waals surface area contributed by atoms with Crippen molar-refractivity contribution >= 4 is 21.4 Å². The summed E-state index contributed by atoms with van der Waals surface area (Å²) >= 11 is 0. The van der Waals surface area contributed by atoms with Crippen molar-refractivity contribution < 1.29 is 22.3 Å². The fourth-order valence-corrected chi connectivity index (χ4v) is 3.87. The van der Waals surface area contributed by atoms with Crippen molar-refractivity contribution in [2.24, 2.45) is 0 Å². The minimum Gasteiger partial charge on any atom is -0.484 e. The summed E-state index contributed by atoms with van der Waals surface area (Å²) in [7, 11) is -3.50. The van der Waals surface area contributed by atoms with Crippen LogP contribution in [0.1, 0.15) is 11.1 Å². The highest BCUT2D eigenvalue weighted by molar-refractivity contribution is 7.91. The van der Waals surface area contributed by atoms with Gasteiger partial charge in [0.2, 0.25) is 0 Å². The third-order valence-electron chi connectivity index (χ3n) is 3.77. The Hall–Kier alpha value is -2.87. The fourth-order valence-electron chi connectivity index (χ4n) is 2.52. The third kappa shape index (κ3) is 4.02. The van der Waals surface area contributed by atoms with Crippen LogP contribution >= 0.6 is 0 Å². The molecule has 6 nitrogen and oxygen atoms in total. The zero-order valence-corrected chi connectivity index (χ0v) is 14.8. The van der Waals surface area contributed by atoms with Gasteiger partial charge in [0.1, 0.15) is 11.6 Å². The highest BCUT2D eigenvalue weighted by Gasteiger charge is 2.25. The van der Waals surface area contributed by atoms with Crippen LogP contribution in [0.5, 0.6) is 5.75 Å². The lowest BCUT2D eigenvalue weighted by Gasteiger charge is -2.20. The van der Waals surface area contributed by atoms with Crippen molar-refractivity contribution in [3.8, 4) is 5.75 Å². The molecule has 0 unspecified atom stereocenters. The molecule has 3 rings (SSSR count). The van der Waals surface area contributed by atoms with E-state index in [4.69, 9.17) is 4.74 Å². The number of hydrazine groups is 1. The second kappa shape index (κ2) is 7.17. The molecule has 0 radical (unpaired) electrons. The largest absolute Gasteiger partial charge is 0.484 e. The molecule has 26 heavy (non-hydrogen) atoms. The molecule has 2 aromatic rings. The molecule has 1 heterocycles. The summed E-state index contributed by atoms with van der Waals surface area (Å²) in [6.45, 7) is 1.69. The maximum absolute atomic E-state index is 13.5. The molecule has 136 valence electrons. The van der Waals surface area contributed by atoms with Crippen LogP contribution in [0.25, 0.3) is 5.70 Å². The first-order valence-corrected chi connectivity index (χ1v) is 9.47. The van der Waals surface area contributed by atoms with Gasteiger partial charge in [-0.15, -0.1) is 0 Å². The van der Waals surface area contributed by atoms with Gasteiger partial charge in [-0.1, -0.05) is 12.1 Å². The fraction of sp³-hybridized carbons (Fsp3) is 0.167. The van der Waals surface area contributed by atoms with Crippen molar-refractivity contribution in [1.82, 2.24) is 10.9 Å². The Morgan fingerprint density at radius 1 is 1.23 bits per heavy atom. The summed E-state index contributed by atoms with van der Waals surface area (Å²) in [5, 5.41) is 0. The van der Waals surface area contributed by atoms with E-state index >= 15 is 0 Å². The van der Waals surface area contributed by atoms with E-state index in [0.717, 1.165) is 17.7 Å². The normalized spacial score (nSPS) is 14.8. The summed E-state index contributed by atoms with van der Waals surface area (Å²) in [5.74, 6) is -0.694. The molecule has 0 bridgehead atoms. The monoisotopic (exact) mass is 376 g/mol. The second-order valence-electron chi connectivity index (χ2n) is 5.82. The van der Waals surface area contributed by atoms with Crippen LogP contribution in [0.15, 0.2) is 53.4 Å². The number of nitrogens with one attached hydrogen (secondary N) is 2. The standard InChI is InChI=1S/C18H17FN2O4S/c1-12-3-2-4-14(9-12)25-11-18(22)21-20-16-7-8-26(23,24)17-6-5-13(19)10-15(16)17/h2-7,9-10,20H,8,11H2,1H3,(H,21,22). The van der Waals surface area contributed by atoms with Crippen LogP contribution < -0.4 is 15.6 Å². The Balaban J connectivity index is 1.64. The van der Waals surface area contributed by atoms with Crippen molar-refractivity contribution in [3.05, 3.63) is 65.5 Å². The molecule has 0 aliphatic carbocycles. The molecular formula is C18H17FN2O4S. The van der Waals surface area contributed by atoms with Crippen LogP contribution in [-0.4, -0.2) is 26.7 Å². The van der Waals surface area contributed by atoms with Gasteiger partial charge in [0, 0.05) is 5.56 Å². The topological polar surface area (TPSA) is 84.5 Å². The first-order valence-electron chi connectivity index (χ1n) is 7.82. The lowest BCUT2D eigenvalue weighted by molar-refractivity contribution is -0.123. The number of aryl methyl sites for hydroxylation is 1. The van der Waals surface area contributed by atoms with Gasteiger partial charge in [0.25, 0.3) is 5.91 Å². The Morgan fingerprint density at radius 3 is 2.81 bits per heavy atom. The van der Waals surface area contributed by atoms with Gasteiger partial charge in [0.05, 0.1) is 16.3 Å². The molecule has 1 aliphatic rings. The summed E-state index contributed by atoms with van der Waals surface area (Å²) < 4.78 is 43.0. The van der Waals surface area contributed by atoms with Gasteiger partial charge in [-0.3, -0.25) is 15.6 Å². The summed E-state index contributed by atoms with van der Waals surface area (Å²) in [4.78, 5) is 12.0. The van der Waals surface area contributed by atoms with E-state index in [1.54, 1.807) is 12.1 Å². The number of amides is 1. The van der Waals surface area contributed by atoms with Crippen LogP contribution in [0.4, 0.5) is 4.39 Å². The number of carbonyl (C=O) groups is 1. The van der Waals surface area contributed by atoms with E-state index in [1.165, 1.54) is 12.1 Å². The summed E-state index contributed by atoms with van der Waals surface area (Å²) in [6.07, 6.45) is 1.39. The Morgan fingerprint density at radius 2 is 2.04 bits per heavy atom. The van der Waals surface area contributed by atoms with Crippen LogP contribution in [0.3, 0.4) is 0 Å². The van der Waals surface area contributed by atoms with Gasteiger partial charge in [-0.25, -0.2) is 12.8 Å². The zero-order valence-electron chi connectivity index (χ0n) is 14.0. The Bertz CT molecular complexity index is 986. The van der Waals surface area contributed by atoms with Crippen molar-refractivity contribution in [2.45, 2.75) is 11.8 Å². The molecule has 0 saturated heterocycles. The van der Waals surface area contributed by atoms with Crippen LogP contribution in [0, 0.1) is 12.7 Å². The minimum atomic E-state index is -3.50. The average molecular weight is 376 g/mol. The Labute approximate surface area is 150 Å². The van der Waals surface area contributed by atoms with Crippen molar-refractivity contribution in [2.75, 3.05) is 12.4 Å². The van der Waals surface area contributed by atoms with Gasteiger partial charge < -0.3 is 4.74 Å². The molecule has 0 saturated carbocycles. The number of sulfone groups is 1. The first-order chi connectivity index (χ1) is 12.3. The van der Waals surface area contributed by atoms with Crippen LogP contribution in [0.2, 0.25) is 0 Å². The molecular weight excluding hydrogens is 359 g/mol. The molecule has 1 amide bonds. The lowest BCUT2D eigenvalue weighted by Crippen LogP contribution is -2.40.